The smallest absolute Gasteiger partial charge is 0.302 e. The third-order valence-electron chi connectivity index (χ3n) is 7.45. The topological polar surface area (TPSA) is 86.7 Å². The number of carbonyl (C=O) groups is 4. The Morgan fingerprint density at radius 2 is 1.34 bits per heavy atom. The van der Waals surface area contributed by atoms with E-state index in [1.54, 1.807) is 18.2 Å². The highest BCUT2D eigenvalue weighted by Crippen LogP contribution is 2.37. The molecule has 0 N–H and O–H groups in total. The molecule has 0 saturated carbocycles. The van der Waals surface area contributed by atoms with Gasteiger partial charge < -0.3 is 9.47 Å². The Morgan fingerprint density at radius 1 is 0.720 bits per heavy atom. The highest BCUT2D eigenvalue weighted by atomic mass is 28.3. The molecule has 0 amide bonds. The lowest BCUT2D eigenvalue weighted by Gasteiger charge is -2.24. The first-order valence-corrected chi connectivity index (χ1v) is 23.8. The van der Waals surface area contributed by atoms with Crippen molar-refractivity contribution in [3.8, 4) is 46.3 Å². The molecule has 1 aliphatic carbocycles. The number of fused-ring (bicyclic) bond motifs is 3. The molecule has 0 bridgehead atoms. The van der Waals surface area contributed by atoms with Crippen LogP contribution in [-0.2, 0) is 25.5 Å². The van der Waals surface area contributed by atoms with Gasteiger partial charge in [-0.2, -0.15) is 0 Å². The Bertz CT molecular complexity index is 1940. The lowest BCUT2D eigenvalue weighted by molar-refractivity contribution is -0.142. The molecular formula is C42H46O6Si2. The molecule has 3 aromatic rings. The first-order valence-electron chi connectivity index (χ1n) is 16.8. The fourth-order valence-corrected chi connectivity index (χ4v) is 8.04. The van der Waals surface area contributed by atoms with E-state index in [1.807, 2.05) is 30.3 Å². The van der Waals surface area contributed by atoms with E-state index in [-0.39, 0.29) is 23.5 Å². The zero-order valence-corrected chi connectivity index (χ0v) is 32.5. The highest BCUT2D eigenvalue weighted by Gasteiger charge is 2.34. The summed E-state index contributed by atoms with van der Waals surface area (Å²) in [5, 5.41) is 1.26. The number of ketones is 2. The largest absolute Gasteiger partial charge is 0.466 e. The SMILES string of the molecule is CC(=O)OCCCC#CC#Cc1ccccc1C(=O)C#C[Si](C)(C)C.CC(=O)OCCCc1ccc2c(c1[Si](C)(C)C)C(=O)c1ccccc1-2. The summed E-state index contributed by atoms with van der Waals surface area (Å²) in [6.07, 6.45) is 2.88. The molecule has 50 heavy (non-hydrogen) atoms. The van der Waals surface area contributed by atoms with Crippen LogP contribution >= 0.6 is 0 Å². The van der Waals surface area contributed by atoms with Crippen molar-refractivity contribution in [3.05, 3.63) is 88.5 Å². The normalized spacial score (nSPS) is 11.1. The minimum Gasteiger partial charge on any atom is -0.466 e. The molecule has 0 aromatic heterocycles. The van der Waals surface area contributed by atoms with Gasteiger partial charge in [0.25, 0.3) is 0 Å². The van der Waals surface area contributed by atoms with Gasteiger partial charge in [0.2, 0.25) is 5.78 Å². The second kappa shape index (κ2) is 18.2. The number of rotatable bonds is 9. The number of unbranched alkanes of at least 4 members (excludes halogenated alkanes) is 1. The van der Waals surface area contributed by atoms with Crippen LogP contribution in [0, 0.1) is 35.1 Å². The molecule has 0 aliphatic heterocycles. The van der Waals surface area contributed by atoms with E-state index >= 15 is 0 Å². The first-order chi connectivity index (χ1) is 23.6. The highest BCUT2D eigenvalue weighted by molar-refractivity contribution is 6.90. The van der Waals surface area contributed by atoms with Gasteiger partial charge in [-0.15, -0.1) is 5.54 Å². The monoisotopic (exact) mass is 702 g/mol. The van der Waals surface area contributed by atoms with Gasteiger partial charge in [-0.1, -0.05) is 99.7 Å². The van der Waals surface area contributed by atoms with Gasteiger partial charge in [-0.3, -0.25) is 19.2 Å². The maximum Gasteiger partial charge on any atom is 0.302 e. The minimum atomic E-state index is -1.73. The van der Waals surface area contributed by atoms with Crippen LogP contribution in [0.15, 0.2) is 60.7 Å². The number of ether oxygens (including phenoxy) is 2. The summed E-state index contributed by atoms with van der Waals surface area (Å²) in [5.74, 6) is 13.5. The Morgan fingerprint density at radius 3 is 1.98 bits per heavy atom. The van der Waals surface area contributed by atoms with E-state index < -0.39 is 16.1 Å². The van der Waals surface area contributed by atoms with Crippen molar-refractivity contribution in [1.29, 1.82) is 0 Å². The molecule has 0 atom stereocenters. The van der Waals surface area contributed by atoms with Crippen LogP contribution < -0.4 is 5.19 Å². The lowest BCUT2D eigenvalue weighted by Crippen LogP contribution is -2.43. The summed E-state index contributed by atoms with van der Waals surface area (Å²) >= 11 is 0. The molecule has 8 heteroatoms. The molecule has 0 spiro atoms. The van der Waals surface area contributed by atoms with Crippen molar-refractivity contribution < 1.29 is 28.7 Å². The van der Waals surface area contributed by atoms with Crippen LogP contribution in [0.1, 0.15) is 70.5 Å². The van der Waals surface area contributed by atoms with Crippen molar-refractivity contribution in [2.24, 2.45) is 0 Å². The van der Waals surface area contributed by atoms with Gasteiger partial charge in [0.15, 0.2) is 5.78 Å². The van der Waals surface area contributed by atoms with E-state index in [4.69, 9.17) is 9.47 Å². The average Bonchev–Trinajstić information content (AvgIpc) is 3.33. The third kappa shape index (κ3) is 11.9. The second-order valence-corrected chi connectivity index (χ2v) is 23.7. The number of Topliss-reactive ketones (excluding diaryl/α,β-unsaturated/α-hetero) is 1. The van der Waals surface area contributed by atoms with Crippen molar-refractivity contribution in [1.82, 2.24) is 0 Å². The predicted octanol–water partition coefficient (Wildman–Crippen LogP) is 7.39. The maximum atomic E-state index is 13.1. The average molecular weight is 703 g/mol. The van der Waals surface area contributed by atoms with E-state index in [1.165, 1.54) is 24.6 Å². The Hall–Kier alpha value is -4.95. The molecule has 0 heterocycles. The fraction of sp³-hybridized carbons (Fsp3) is 0.333. The maximum absolute atomic E-state index is 13.1. The third-order valence-corrected chi connectivity index (χ3v) is 10.4. The summed E-state index contributed by atoms with van der Waals surface area (Å²) in [4.78, 5) is 46.9. The standard InChI is InChI=1S/C21H24O3Si.C21H22O3Si/c1-14(22)24-13-7-8-15-11-12-17-16-9-5-6-10-18(16)20(23)19(17)21(15)25(2,3)4;1-18(22)24-16-11-7-5-6-8-12-19-13-9-10-14-20(19)21(23)15-17-25(2,3)4/h5-6,9-12H,7-8,13H2,1-4H3;9-10,13-14H,7,11,16H2,1-4H3. The number of esters is 2. The summed E-state index contributed by atoms with van der Waals surface area (Å²) < 4.78 is 9.88. The van der Waals surface area contributed by atoms with Crippen molar-refractivity contribution in [3.63, 3.8) is 0 Å². The Balaban J connectivity index is 0.000000270. The van der Waals surface area contributed by atoms with Crippen LogP contribution in [0.2, 0.25) is 39.3 Å². The molecule has 0 unspecified atom stereocenters. The predicted molar refractivity (Wildman–Crippen MR) is 206 cm³/mol. The van der Waals surface area contributed by atoms with Gasteiger partial charge in [-0.05, 0) is 71.0 Å². The molecule has 258 valence electrons. The second-order valence-electron chi connectivity index (χ2n) is 14.0. The Labute approximate surface area is 299 Å². The number of aryl methyl sites for hydroxylation is 1. The van der Waals surface area contributed by atoms with Crippen LogP contribution in [0.4, 0.5) is 0 Å². The van der Waals surface area contributed by atoms with E-state index in [0.717, 1.165) is 35.1 Å². The molecule has 0 radical (unpaired) electrons. The van der Waals surface area contributed by atoms with Crippen LogP contribution in [0.5, 0.6) is 0 Å². The molecule has 0 fully saturated rings. The van der Waals surface area contributed by atoms with Gasteiger partial charge in [-0.25, -0.2) is 0 Å². The summed E-state index contributed by atoms with van der Waals surface area (Å²) in [7, 11) is -3.32. The Kier molecular flexibility index (Phi) is 14.3. The number of hydrogen-bond acceptors (Lipinski definition) is 6. The summed E-state index contributed by atoms with van der Waals surface area (Å²) in [6.45, 7) is 16.7. The molecule has 4 rings (SSSR count). The fourth-order valence-electron chi connectivity index (χ4n) is 5.38. The van der Waals surface area contributed by atoms with Gasteiger partial charge in [0, 0.05) is 42.5 Å². The van der Waals surface area contributed by atoms with Gasteiger partial charge >= 0.3 is 11.9 Å². The lowest BCUT2D eigenvalue weighted by atomic mass is 10.0. The van der Waals surface area contributed by atoms with Gasteiger partial charge in [0.05, 0.1) is 21.3 Å². The number of carbonyl (C=O) groups excluding carboxylic acids is 4. The molecular weight excluding hydrogens is 657 g/mol. The summed E-state index contributed by atoms with van der Waals surface area (Å²) in [5.41, 5.74) is 9.29. The number of benzene rings is 3. The number of hydrogen-bond donors (Lipinski definition) is 0. The van der Waals surface area contributed by atoms with Crippen LogP contribution in [-0.4, -0.2) is 52.9 Å². The van der Waals surface area contributed by atoms with Crippen molar-refractivity contribution in [2.45, 2.75) is 78.8 Å². The minimum absolute atomic E-state index is 0.157. The van der Waals surface area contributed by atoms with Crippen molar-refractivity contribution >= 4 is 44.8 Å². The van der Waals surface area contributed by atoms with Crippen LogP contribution in [0.3, 0.4) is 0 Å². The summed E-state index contributed by atoms with van der Waals surface area (Å²) in [6, 6.07) is 19.3. The molecule has 6 nitrogen and oxygen atoms in total. The van der Waals surface area contributed by atoms with Gasteiger partial charge in [0.1, 0.15) is 8.07 Å². The van der Waals surface area contributed by atoms with E-state index in [0.29, 0.717) is 37.2 Å². The molecule has 3 aromatic carbocycles. The van der Waals surface area contributed by atoms with Crippen molar-refractivity contribution in [2.75, 3.05) is 13.2 Å². The van der Waals surface area contributed by atoms with E-state index in [2.05, 4.69) is 86.6 Å². The molecule has 0 saturated heterocycles. The zero-order chi connectivity index (χ0) is 36.9. The molecule has 1 aliphatic rings. The van der Waals surface area contributed by atoms with E-state index in [9.17, 15) is 19.2 Å². The van der Waals surface area contributed by atoms with Crippen LogP contribution in [0.25, 0.3) is 11.1 Å². The first kappa shape index (κ1) is 39.5. The zero-order valence-electron chi connectivity index (χ0n) is 30.5. The quantitative estimate of drug-likeness (QED) is 0.0595.